The number of benzene rings is 2. The highest BCUT2D eigenvalue weighted by Gasteiger charge is 2.13. The minimum Gasteiger partial charge on any atom is -0.495 e. The first-order valence-electron chi connectivity index (χ1n) is 5.54. The third-order valence-electron chi connectivity index (χ3n) is 2.55. The Hall–Kier alpha value is -2.01. The number of ether oxygens (including phenoxy) is 1. The highest BCUT2D eigenvalue weighted by molar-refractivity contribution is 7.80. The van der Waals surface area contributed by atoms with Crippen LogP contribution in [0.15, 0.2) is 47.4 Å². The van der Waals surface area contributed by atoms with E-state index in [1.807, 2.05) is 0 Å². The van der Waals surface area contributed by atoms with Crippen molar-refractivity contribution in [3.63, 3.8) is 0 Å². The van der Waals surface area contributed by atoms with Crippen LogP contribution < -0.4 is 10.1 Å². The first-order valence-corrected chi connectivity index (χ1v) is 5.99. The molecule has 0 spiro atoms. The minimum atomic E-state index is -0.592. The molecule has 0 atom stereocenters. The molecule has 0 saturated carbocycles. The second-order valence-corrected chi connectivity index (χ2v) is 4.33. The van der Waals surface area contributed by atoms with Gasteiger partial charge in [-0.2, -0.15) is 0 Å². The monoisotopic (exact) mass is 277 g/mol. The van der Waals surface area contributed by atoms with Crippen LogP contribution in [0.5, 0.6) is 5.75 Å². The van der Waals surface area contributed by atoms with Gasteiger partial charge in [0, 0.05) is 4.90 Å². The van der Waals surface area contributed by atoms with Gasteiger partial charge < -0.3 is 10.1 Å². The number of nitrogens with one attached hydrogen (secondary N) is 1. The van der Waals surface area contributed by atoms with Gasteiger partial charge in [-0.3, -0.25) is 4.79 Å². The number of hydrogen-bond donors (Lipinski definition) is 2. The van der Waals surface area contributed by atoms with Crippen LogP contribution >= 0.6 is 12.6 Å². The Kier molecular flexibility index (Phi) is 4.06. The van der Waals surface area contributed by atoms with Crippen molar-refractivity contribution in [3.05, 3.63) is 53.8 Å². The zero-order chi connectivity index (χ0) is 13.8. The van der Waals surface area contributed by atoms with E-state index in [4.69, 9.17) is 4.74 Å². The van der Waals surface area contributed by atoms with Crippen molar-refractivity contribution in [2.24, 2.45) is 0 Å². The molecule has 3 nitrogen and oxygen atoms in total. The second-order valence-electron chi connectivity index (χ2n) is 3.82. The summed E-state index contributed by atoms with van der Waals surface area (Å²) in [5, 5.41) is 2.61. The lowest BCUT2D eigenvalue weighted by molar-refractivity contribution is 0.102. The Bertz CT molecular complexity index is 616. The Morgan fingerprint density at radius 3 is 2.74 bits per heavy atom. The van der Waals surface area contributed by atoms with Crippen LogP contribution in [0, 0.1) is 5.82 Å². The van der Waals surface area contributed by atoms with Crippen molar-refractivity contribution in [3.8, 4) is 5.75 Å². The number of halogens is 1. The summed E-state index contributed by atoms with van der Waals surface area (Å²) in [6.07, 6.45) is 0. The Morgan fingerprint density at radius 2 is 2.00 bits per heavy atom. The van der Waals surface area contributed by atoms with Gasteiger partial charge in [0.25, 0.3) is 5.91 Å². The lowest BCUT2D eigenvalue weighted by atomic mass is 10.2. The van der Waals surface area contributed by atoms with Gasteiger partial charge in [0.2, 0.25) is 0 Å². The van der Waals surface area contributed by atoms with Crippen LogP contribution in [-0.2, 0) is 0 Å². The van der Waals surface area contributed by atoms with Gasteiger partial charge in [-0.15, -0.1) is 12.6 Å². The van der Waals surface area contributed by atoms with E-state index in [0.717, 1.165) is 0 Å². The molecule has 0 aliphatic carbocycles. The molecule has 0 aromatic heterocycles. The lowest BCUT2D eigenvalue weighted by Crippen LogP contribution is -2.14. The van der Waals surface area contributed by atoms with Crippen LogP contribution in [0.4, 0.5) is 10.1 Å². The average Bonchev–Trinajstić information content (AvgIpc) is 2.42. The fraction of sp³-hybridized carbons (Fsp3) is 0.0714. The molecular formula is C14H12FNO2S. The summed E-state index contributed by atoms with van der Waals surface area (Å²) in [7, 11) is 1.50. The summed E-state index contributed by atoms with van der Waals surface area (Å²) >= 11 is 4.09. The molecule has 98 valence electrons. The van der Waals surface area contributed by atoms with Crippen LogP contribution in [0.1, 0.15) is 10.4 Å². The van der Waals surface area contributed by atoms with Gasteiger partial charge in [0.15, 0.2) is 0 Å². The normalized spacial score (nSPS) is 10.1. The van der Waals surface area contributed by atoms with Crippen molar-refractivity contribution in [1.82, 2.24) is 0 Å². The Morgan fingerprint density at radius 1 is 1.26 bits per heavy atom. The second kappa shape index (κ2) is 5.75. The number of rotatable bonds is 3. The first-order chi connectivity index (χ1) is 9.11. The summed E-state index contributed by atoms with van der Waals surface area (Å²) in [6, 6.07) is 11.0. The molecule has 2 aromatic rings. The van der Waals surface area contributed by atoms with Gasteiger partial charge in [-0.1, -0.05) is 12.1 Å². The van der Waals surface area contributed by atoms with Crippen molar-refractivity contribution < 1.29 is 13.9 Å². The quantitative estimate of drug-likeness (QED) is 0.844. The molecule has 0 aliphatic rings. The largest absolute Gasteiger partial charge is 0.495 e. The van der Waals surface area contributed by atoms with Gasteiger partial charge in [0.05, 0.1) is 18.4 Å². The highest BCUT2D eigenvalue weighted by atomic mass is 32.1. The van der Waals surface area contributed by atoms with Crippen molar-refractivity contribution in [2.45, 2.75) is 4.90 Å². The smallest absolute Gasteiger partial charge is 0.258 e. The molecule has 0 fully saturated rings. The van der Waals surface area contributed by atoms with Crippen LogP contribution in [0.2, 0.25) is 0 Å². The van der Waals surface area contributed by atoms with Crippen molar-refractivity contribution in [2.75, 3.05) is 12.4 Å². The van der Waals surface area contributed by atoms with Crippen LogP contribution in [-0.4, -0.2) is 13.0 Å². The summed E-state index contributed by atoms with van der Waals surface area (Å²) < 4.78 is 18.7. The van der Waals surface area contributed by atoms with E-state index in [1.54, 1.807) is 24.3 Å². The average molecular weight is 277 g/mol. The number of amides is 1. The molecule has 2 rings (SSSR count). The fourth-order valence-electron chi connectivity index (χ4n) is 1.62. The molecule has 2 aromatic carbocycles. The first kappa shape index (κ1) is 13.4. The molecule has 0 heterocycles. The van der Waals surface area contributed by atoms with Gasteiger partial charge in [-0.05, 0) is 30.3 Å². The Balaban J connectivity index is 2.28. The zero-order valence-corrected chi connectivity index (χ0v) is 11.1. The molecular weight excluding hydrogens is 265 g/mol. The number of hydrogen-bond acceptors (Lipinski definition) is 3. The topological polar surface area (TPSA) is 38.3 Å². The SMILES string of the molecule is COc1ccccc1NC(=O)c1cc(S)ccc1F. The molecule has 0 bridgehead atoms. The zero-order valence-electron chi connectivity index (χ0n) is 10.2. The van der Waals surface area contributed by atoms with Crippen molar-refractivity contribution >= 4 is 24.2 Å². The maximum atomic E-state index is 13.6. The molecule has 0 unspecified atom stereocenters. The minimum absolute atomic E-state index is 0.0570. The summed E-state index contributed by atoms with van der Waals surface area (Å²) in [5.74, 6) is -0.624. The molecule has 1 amide bonds. The van der Waals surface area contributed by atoms with Gasteiger partial charge in [0.1, 0.15) is 11.6 Å². The molecule has 0 aliphatic heterocycles. The van der Waals surface area contributed by atoms with E-state index in [9.17, 15) is 9.18 Å². The standard InChI is InChI=1S/C14H12FNO2S/c1-18-13-5-3-2-4-12(13)16-14(17)10-8-9(19)6-7-11(10)15/h2-8,19H,1H3,(H,16,17). The van der Waals surface area contributed by atoms with E-state index in [-0.39, 0.29) is 5.56 Å². The number of carbonyl (C=O) groups is 1. The van der Waals surface area contributed by atoms with Gasteiger partial charge >= 0.3 is 0 Å². The lowest BCUT2D eigenvalue weighted by Gasteiger charge is -2.10. The molecule has 19 heavy (non-hydrogen) atoms. The van der Waals surface area contributed by atoms with Crippen molar-refractivity contribution in [1.29, 1.82) is 0 Å². The van der Waals surface area contributed by atoms with E-state index in [1.165, 1.54) is 25.3 Å². The Labute approximate surface area is 115 Å². The number of methoxy groups -OCH3 is 1. The predicted octanol–water partition coefficient (Wildman–Crippen LogP) is 3.38. The van der Waals surface area contributed by atoms with E-state index in [0.29, 0.717) is 16.3 Å². The molecule has 0 saturated heterocycles. The predicted molar refractivity (Wildman–Crippen MR) is 74.6 cm³/mol. The summed E-state index contributed by atoms with van der Waals surface area (Å²) in [4.78, 5) is 12.5. The third kappa shape index (κ3) is 3.06. The fourth-order valence-corrected chi connectivity index (χ4v) is 1.83. The van der Waals surface area contributed by atoms with Crippen LogP contribution in [0.25, 0.3) is 0 Å². The van der Waals surface area contributed by atoms with E-state index >= 15 is 0 Å². The van der Waals surface area contributed by atoms with Crippen LogP contribution in [0.3, 0.4) is 0 Å². The number of thiol groups is 1. The maximum absolute atomic E-state index is 13.6. The number of anilines is 1. The third-order valence-corrected chi connectivity index (χ3v) is 2.83. The van der Waals surface area contributed by atoms with E-state index in [2.05, 4.69) is 17.9 Å². The summed E-state index contributed by atoms with van der Waals surface area (Å²) in [5.41, 5.74) is 0.428. The van der Waals surface area contributed by atoms with Gasteiger partial charge in [-0.25, -0.2) is 4.39 Å². The number of carbonyl (C=O) groups excluding carboxylic acids is 1. The summed E-state index contributed by atoms with van der Waals surface area (Å²) in [6.45, 7) is 0. The molecule has 0 radical (unpaired) electrons. The molecule has 1 N–H and O–H groups in total. The molecule has 5 heteroatoms. The van der Waals surface area contributed by atoms with E-state index < -0.39 is 11.7 Å². The highest BCUT2D eigenvalue weighted by Crippen LogP contribution is 2.24. The maximum Gasteiger partial charge on any atom is 0.258 e. The number of para-hydroxylation sites is 2.